The molecular formula is C45H78NO8P. The van der Waals surface area contributed by atoms with Crippen molar-refractivity contribution in [2.45, 2.75) is 200 Å². The maximum Gasteiger partial charge on any atom is 0.319 e. The fraction of sp³-hybridized carbons (Fsp3) is 0.756. The zero-order valence-corrected chi connectivity index (χ0v) is 36.0. The van der Waals surface area contributed by atoms with Gasteiger partial charge in [-0.3, -0.25) is 14.2 Å². The molecule has 0 aliphatic heterocycles. The van der Waals surface area contributed by atoms with Crippen LogP contribution in [-0.2, 0) is 35.2 Å². The van der Waals surface area contributed by atoms with Crippen molar-refractivity contribution in [3.63, 3.8) is 0 Å². The minimum atomic E-state index is -4.77. The Morgan fingerprint density at radius 3 is 1.47 bits per heavy atom. The van der Waals surface area contributed by atoms with Gasteiger partial charge in [-0.15, -0.1) is 0 Å². The van der Waals surface area contributed by atoms with Crippen LogP contribution in [0.1, 0.15) is 194 Å². The molecule has 0 fully saturated rings. The number of esters is 2. The summed E-state index contributed by atoms with van der Waals surface area (Å²) < 4.78 is 35.3. The van der Waals surface area contributed by atoms with Gasteiger partial charge in [0.15, 0.2) is 18.5 Å². The highest BCUT2D eigenvalue weighted by Gasteiger charge is 2.22. The highest BCUT2D eigenvalue weighted by Crippen LogP contribution is 2.39. The maximum absolute atomic E-state index is 12.7. The van der Waals surface area contributed by atoms with E-state index in [1.165, 1.54) is 102 Å². The summed E-state index contributed by atoms with van der Waals surface area (Å²) in [7, 11) is -2.98. The molecule has 0 amide bonds. The molecule has 1 heterocycles. The van der Waals surface area contributed by atoms with E-state index in [1.807, 2.05) is 0 Å². The molecule has 9 nitrogen and oxygen atoms in total. The highest BCUT2D eigenvalue weighted by atomic mass is 31.2. The number of rotatable bonds is 38. The predicted octanol–water partition coefficient (Wildman–Crippen LogP) is 11.9. The number of hydrogen-bond donors (Lipinski definition) is 0. The van der Waals surface area contributed by atoms with E-state index in [2.05, 4.69) is 38.2 Å². The number of carbonyl (C=O) groups excluding carboxylic acids is 2. The van der Waals surface area contributed by atoms with Crippen LogP contribution >= 0.6 is 7.82 Å². The normalized spacial score (nSPS) is 13.3. The number of allylic oxidation sites excluding steroid dienone is 4. The van der Waals surface area contributed by atoms with E-state index in [0.717, 1.165) is 64.2 Å². The number of carbonyl (C=O) groups is 2. The van der Waals surface area contributed by atoms with Crippen LogP contribution < -0.4 is 14.0 Å². The Bertz CT molecular complexity index is 1170. The Hall–Kier alpha value is -2.48. The van der Waals surface area contributed by atoms with Gasteiger partial charge in [-0.1, -0.05) is 141 Å². The minimum absolute atomic E-state index is 0.0977. The Morgan fingerprint density at radius 1 is 0.618 bits per heavy atom. The molecule has 0 aliphatic rings. The molecule has 0 aliphatic carbocycles. The third-order valence-corrected chi connectivity index (χ3v) is 10.5. The van der Waals surface area contributed by atoms with Gasteiger partial charge < -0.3 is 23.4 Å². The summed E-state index contributed by atoms with van der Waals surface area (Å²) in [6, 6.07) is 2.99. The van der Waals surface area contributed by atoms with Crippen molar-refractivity contribution < 1.29 is 42.1 Å². The van der Waals surface area contributed by atoms with Crippen molar-refractivity contribution in [1.82, 2.24) is 0 Å². The summed E-state index contributed by atoms with van der Waals surface area (Å²) >= 11 is 0. The van der Waals surface area contributed by atoms with Gasteiger partial charge in [0.1, 0.15) is 19.4 Å². The third-order valence-electron chi connectivity index (χ3n) is 9.60. The molecule has 1 aromatic rings. The predicted molar refractivity (Wildman–Crippen MR) is 222 cm³/mol. The minimum Gasteiger partial charge on any atom is -0.746 e. The number of ether oxygens (including phenoxy) is 2. The van der Waals surface area contributed by atoms with Gasteiger partial charge in [0, 0.05) is 25.0 Å². The number of nitrogens with zero attached hydrogens (tertiary/aromatic N) is 1. The Balaban J connectivity index is 2.34. The molecule has 0 aromatic carbocycles. The topological polar surface area (TPSA) is 115 Å². The lowest BCUT2D eigenvalue weighted by Gasteiger charge is -2.25. The second-order valence-electron chi connectivity index (χ2n) is 15.0. The number of aryl methyl sites for hydroxylation is 1. The summed E-state index contributed by atoms with van der Waals surface area (Å²) in [5.41, 5.74) is 0. The molecule has 0 saturated carbocycles. The zero-order chi connectivity index (χ0) is 40.1. The lowest BCUT2D eigenvalue weighted by atomic mass is 10.1. The Labute approximate surface area is 335 Å². The molecule has 0 spiro atoms. The summed E-state index contributed by atoms with van der Waals surface area (Å²) in [5.74, 6) is -0.785. The molecule has 10 heteroatoms. The molecular weight excluding hydrogens is 713 g/mol. The molecule has 1 unspecified atom stereocenters. The summed E-state index contributed by atoms with van der Waals surface area (Å²) in [6.45, 7) is 3.69. The molecule has 2 atom stereocenters. The van der Waals surface area contributed by atoms with Gasteiger partial charge in [-0.2, -0.15) is 0 Å². The molecule has 1 aromatic heterocycles. The first-order chi connectivity index (χ1) is 26.8. The van der Waals surface area contributed by atoms with Crippen molar-refractivity contribution in [2.75, 3.05) is 13.2 Å². The average Bonchev–Trinajstić information content (AvgIpc) is 3.16. The SMILES string of the molecule is CCCCCCCC/C=C\CCCCCCCC(=O)OC[C@H](COP(=O)([O-])Oc1cc[n+](C)cc1)OC(=O)CCCCCCC/C=C\CCCCCCCC. The summed E-state index contributed by atoms with van der Waals surface area (Å²) in [6.07, 6.45) is 42.2. The monoisotopic (exact) mass is 792 g/mol. The zero-order valence-electron chi connectivity index (χ0n) is 35.1. The van der Waals surface area contributed by atoms with Crippen molar-refractivity contribution in [2.24, 2.45) is 7.05 Å². The van der Waals surface area contributed by atoms with E-state index in [4.69, 9.17) is 18.5 Å². The summed E-state index contributed by atoms with van der Waals surface area (Å²) in [5, 5.41) is 0. The van der Waals surface area contributed by atoms with Crippen LogP contribution in [0.4, 0.5) is 0 Å². The fourth-order valence-electron chi connectivity index (χ4n) is 6.18. The maximum atomic E-state index is 12.7. The number of aromatic nitrogens is 1. The van der Waals surface area contributed by atoms with Crippen molar-refractivity contribution in [3.05, 3.63) is 48.8 Å². The van der Waals surface area contributed by atoms with E-state index >= 15 is 0 Å². The van der Waals surface area contributed by atoms with Gasteiger partial charge >= 0.3 is 19.8 Å². The first kappa shape index (κ1) is 50.5. The highest BCUT2D eigenvalue weighted by molar-refractivity contribution is 7.46. The van der Waals surface area contributed by atoms with Gasteiger partial charge in [0.25, 0.3) is 0 Å². The Kier molecular flexibility index (Phi) is 33.0. The van der Waals surface area contributed by atoms with Crippen LogP contribution in [-0.4, -0.2) is 31.3 Å². The lowest BCUT2D eigenvalue weighted by molar-refractivity contribution is -0.671. The molecule has 55 heavy (non-hydrogen) atoms. The van der Waals surface area contributed by atoms with Crippen LogP contribution in [0, 0.1) is 0 Å². The molecule has 0 bridgehead atoms. The smallest absolute Gasteiger partial charge is 0.319 e. The molecule has 0 radical (unpaired) electrons. The first-order valence-corrected chi connectivity index (χ1v) is 23.5. The average molecular weight is 792 g/mol. The number of pyridine rings is 1. The standard InChI is InChI=1S/C45H78NO8P/c1-4-6-8-10-12-14-16-18-20-22-24-26-28-30-32-34-44(47)51-40-43(41-52-55(49,50)54-42-36-38-46(3)39-37-42)53-45(48)35-33-31-29-27-25-23-21-19-17-15-13-11-9-7-5-2/h18-21,36-39,43H,4-17,22-35,40-41H2,1-3H3/b20-18-,21-19-/t43-/m1/s1. The van der Waals surface area contributed by atoms with Crippen LogP contribution in [0.15, 0.2) is 48.8 Å². The van der Waals surface area contributed by atoms with Crippen molar-refractivity contribution >= 4 is 19.8 Å². The van der Waals surface area contributed by atoms with E-state index in [9.17, 15) is 19.0 Å². The van der Waals surface area contributed by atoms with E-state index in [-0.39, 0.29) is 25.2 Å². The Morgan fingerprint density at radius 2 is 1.02 bits per heavy atom. The first-order valence-electron chi connectivity index (χ1n) is 22.0. The van der Waals surface area contributed by atoms with Crippen molar-refractivity contribution in [1.29, 1.82) is 0 Å². The largest absolute Gasteiger partial charge is 0.746 e. The van der Waals surface area contributed by atoms with Crippen LogP contribution in [0.25, 0.3) is 0 Å². The van der Waals surface area contributed by atoms with Gasteiger partial charge in [-0.05, 0) is 64.2 Å². The number of phosphoric ester groups is 1. The molecule has 0 saturated heterocycles. The quantitative estimate of drug-likeness (QED) is 0.0214. The fourth-order valence-corrected chi connectivity index (χ4v) is 6.96. The van der Waals surface area contributed by atoms with E-state index < -0.39 is 32.5 Å². The van der Waals surface area contributed by atoms with E-state index in [1.54, 1.807) is 24.0 Å². The van der Waals surface area contributed by atoms with Gasteiger partial charge in [0.2, 0.25) is 0 Å². The van der Waals surface area contributed by atoms with Crippen LogP contribution in [0.5, 0.6) is 5.75 Å². The number of phosphoric acid groups is 1. The van der Waals surface area contributed by atoms with Crippen molar-refractivity contribution in [3.8, 4) is 5.75 Å². The van der Waals surface area contributed by atoms with Gasteiger partial charge in [-0.25, -0.2) is 4.57 Å². The second-order valence-corrected chi connectivity index (χ2v) is 16.3. The summed E-state index contributed by atoms with van der Waals surface area (Å²) in [4.78, 5) is 37.7. The second kappa shape index (κ2) is 35.9. The molecule has 316 valence electrons. The number of hydrogen-bond acceptors (Lipinski definition) is 8. The number of unbranched alkanes of at least 4 members (excludes halogenated alkanes) is 22. The van der Waals surface area contributed by atoms with Gasteiger partial charge in [0.05, 0.1) is 6.61 Å². The lowest BCUT2D eigenvalue weighted by Crippen LogP contribution is -2.30. The molecule has 0 N–H and O–H groups in total. The third kappa shape index (κ3) is 33.4. The van der Waals surface area contributed by atoms with Crippen LogP contribution in [0.2, 0.25) is 0 Å². The molecule has 1 rings (SSSR count). The van der Waals surface area contributed by atoms with Crippen LogP contribution in [0.3, 0.4) is 0 Å². The van der Waals surface area contributed by atoms with E-state index in [0.29, 0.717) is 12.8 Å².